The molecule has 0 aromatic carbocycles. The summed E-state index contributed by atoms with van der Waals surface area (Å²) in [5, 5.41) is 4.62. The third-order valence-electron chi connectivity index (χ3n) is 4.24. The zero-order valence-corrected chi connectivity index (χ0v) is 12.7. The third-order valence-corrected chi connectivity index (χ3v) is 4.24. The topological polar surface area (TPSA) is 47.1 Å². The lowest BCUT2D eigenvalue weighted by atomic mass is 10.1. The molecule has 0 bridgehead atoms. The van der Waals surface area contributed by atoms with E-state index in [9.17, 15) is 0 Å². The van der Waals surface area contributed by atoms with Gasteiger partial charge in [0.2, 0.25) is 0 Å². The van der Waals surface area contributed by atoms with Crippen LogP contribution in [0.1, 0.15) is 58.1 Å². The van der Waals surface area contributed by atoms with Gasteiger partial charge in [-0.2, -0.15) is 5.10 Å². The van der Waals surface area contributed by atoms with E-state index in [0.29, 0.717) is 6.04 Å². The van der Waals surface area contributed by atoms with Crippen LogP contribution >= 0.6 is 0 Å². The highest BCUT2D eigenvalue weighted by molar-refractivity contribution is 5.67. The van der Waals surface area contributed by atoms with Crippen LogP contribution in [0.15, 0.2) is 0 Å². The van der Waals surface area contributed by atoms with Crippen molar-refractivity contribution in [2.24, 2.45) is 7.05 Å². The molecule has 2 N–H and O–H groups in total. The first kappa shape index (κ1) is 14.2. The fourth-order valence-corrected chi connectivity index (χ4v) is 3.23. The molecule has 1 fully saturated rings. The minimum absolute atomic E-state index is 0.620. The monoisotopic (exact) mass is 264 g/mol. The van der Waals surface area contributed by atoms with Crippen LogP contribution in [0.2, 0.25) is 0 Å². The summed E-state index contributed by atoms with van der Waals surface area (Å²) >= 11 is 0. The van der Waals surface area contributed by atoms with Crippen LogP contribution in [0.25, 0.3) is 0 Å². The zero-order chi connectivity index (χ0) is 13.8. The van der Waals surface area contributed by atoms with Gasteiger partial charge in [-0.25, -0.2) is 0 Å². The van der Waals surface area contributed by atoms with Gasteiger partial charge in [-0.1, -0.05) is 33.1 Å². The maximum atomic E-state index is 6.36. The number of nitrogens with zero attached hydrogens (tertiary/aromatic N) is 3. The highest BCUT2D eigenvalue weighted by atomic mass is 15.4. The Labute approximate surface area is 117 Å². The molecule has 1 aromatic heterocycles. The molecule has 1 aromatic rings. The summed E-state index contributed by atoms with van der Waals surface area (Å²) < 4.78 is 1.99. The first-order valence-corrected chi connectivity index (χ1v) is 7.77. The van der Waals surface area contributed by atoms with E-state index in [1.807, 2.05) is 11.7 Å². The van der Waals surface area contributed by atoms with Crippen LogP contribution in [0.4, 0.5) is 11.5 Å². The largest absolute Gasteiger partial charge is 0.394 e. The molecule has 2 heterocycles. The zero-order valence-electron chi connectivity index (χ0n) is 12.7. The van der Waals surface area contributed by atoms with Crippen LogP contribution < -0.4 is 10.6 Å². The van der Waals surface area contributed by atoms with Crippen LogP contribution in [-0.2, 0) is 13.5 Å². The maximum absolute atomic E-state index is 6.36. The van der Waals surface area contributed by atoms with Gasteiger partial charge in [0.05, 0.1) is 11.4 Å². The van der Waals surface area contributed by atoms with Crippen LogP contribution in [0.3, 0.4) is 0 Å². The average molecular weight is 264 g/mol. The van der Waals surface area contributed by atoms with Gasteiger partial charge < -0.3 is 10.6 Å². The summed E-state index contributed by atoms with van der Waals surface area (Å²) in [5.74, 6) is 1.15. The predicted molar refractivity (Wildman–Crippen MR) is 81.5 cm³/mol. The Kier molecular flexibility index (Phi) is 4.72. The van der Waals surface area contributed by atoms with E-state index >= 15 is 0 Å². The molecular weight excluding hydrogens is 236 g/mol. The molecule has 1 aliphatic rings. The Balaban J connectivity index is 2.32. The number of anilines is 2. The lowest BCUT2D eigenvalue weighted by Crippen LogP contribution is -2.36. The molecule has 2 rings (SSSR count). The molecule has 19 heavy (non-hydrogen) atoms. The summed E-state index contributed by atoms with van der Waals surface area (Å²) in [6.45, 7) is 5.57. The van der Waals surface area contributed by atoms with Crippen molar-refractivity contribution in [2.75, 3.05) is 17.2 Å². The Morgan fingerprint density at radius 1 is 1.26 bits per heavy atom. The summed E-state index contributed by atoms with van der Waals surface area (Å²) in [5.41, 5.74) is 8.34. The van der Waals surface area contributed by atoms with E-state index in [1.54, 1.807) is 0 Å². The molecule has 0 radical (unpaired) electrons. The fourth-order valence-electron chi connectivity index (χ4n) is 3.23. The smallest absolute Gasteiger partial charge is 0.150 e. The Morgan fingerprint density at radius 2 is 2.05 bits per heavy atom. The van der Waals surface area contributed by atoms with Gasteiger partial charge in [0.1, 0.15) is 0 Å². The standard InChI is InChI=1S/C15H28N4/c1-4-9-13-14(16)15(18(3)17-13)19-11-8-6-7-10-12(19)5-2/h12H,4-11,16H2,1-3H3. The summed E-state index contributed by atoms with van der Waals surface area (Å²) in [4.78, 5) is 2.51. The number of rotatable bonds is 4. The van der Waals surface area contributed by atoms with Gasteiger partial charge in [-0.3, -0.25) is 4.68 Å². The number of aryl methyl sites for hydroxylation is 2. The molecule has 108 valence electrons. The summed E-state index contributed by atoms with van der Waals surface area (Å²) in [6.07, 6.45) is 8.49. The first-order chi connectivity index (χ1) is 9.19. The van der Waals surface area contributed by atoms with Crippen molar-refractivity contribution in [3.8, 4) is 0 Å². The molecule has 4 nitrogen and oxygen atoms in total. The van der Waals surface area contributed by atoms with Crippen molar-refractivity contribution in [2.45, 2.75) is 64.8 Å². The number of aromatic nitrogens is 2. The van der Waals surface area contributed by atoms with Gasteiger partial charge in [-0.05, 0) is 25.7 Å². The number of nitrogens with two attached hydrogens (primary N) is 1. The molecule has 0 saturated carbocycles. The Hall–Kier alpha value is -1.19. The lowest BCUT2D eigenvalue weighted by Gasteiger charge is -2.31. The quantitative estimate of drug-likeness (QED) is 0.909. The molecule has 1 saturated heterocycles. The van der Waals surface area contributed by atoms with E-state index in [0.717, 1.165) is 36.6 Å². The third kappa shape index (κ3) is 2.88. The van der Waals surface area contributed by atoms with Crippen LogP contribution in [-0.4, -0.2) is 22.4 Å². The van der Waals surface area contributed by atoms with Crippen molar-refractivity contribution in [3.63, 3.8) is 0 Å². The summed E-state index contributed by atoms with van der Waals surface area (Å²) in [7, 11) is 2.03. The SMILES string of the molecule is CCCc1nn(C)c(N2CCCCCC2CC)c1N. The number of hydrogen-bond donors (Lipinski definition) is 1. The molecule has 0 spiro atoms. The minimum Gasteiger partial charge on any atom is -0.394 e. The van der Waals surface area contributed by atoms with Gasteiger partial charge in [0.15, 0.2) is 5.82 Å². The molecular formula is C15H28N4. The molecule has 1 atom stereocenters. The van der Waals surface area contributed by atoms with E-state index in [1.165, 1.54) is 32.1 Å². The second kappa shape index (κ2) is 6.31. The van der Waals surface area contributed by atoms with E-state index < -0.39 is 0 Å². The second-order valence-electron chi connectivity index (χ2n) is 5.66. The fraction of sp³-hybridized carbons (Fsp3) is 0.800. The van der Waals surface area contributed by atoms with Gasteiger partial charge in [0, 0.05) is 19.6 Å². The predicted octanol–water partition coefficient (Wildman–Crippen LogP) is 3.11. The first-order valence-electron chi connectivity index (χ1n) is 7.77. The van der Waals surface area contributed by atoms with Crippen LogP contribution in [0, 0.1) is 0 Å². The maximum Gasteiger partial charge on any atom is 0.150 e. The van der Waals surface area contributed by atoms with Crippen molar-refractivity contribution in [1.29, 1.82) is 0 Å². The normalized spacial score (nSPS) is 20.6. The molecule has 4 heteroatoms. The highest BCUT2D eigenvalue weighted by Crippen LogP contribution is 2.32. The van der Waals surface area contributed by atoms with E-state index in [-0.39, 0.29) is 0 Å². The van der Waals surface area contributed by atoms with Crippen molar-refractivity contribution in [1.82, 2.24) is 9.78 Å². The minimum atomic E-state index is 0.620. The Morgan fingerprint density at radius 3 is 2.74 bits per heavy atom. The van der Waals surface area contributed by atoms with E-state index in [2.05, 4.69) is 23.8 Å². The lowest BCUT2D eigenvalue weighted by molar-refractivity contribution is 0.542. The van der Waals surface area contributed by atoms with Crippen molar-refractivity contribution < 1.29 is 0 Å². The second-order valence-corrected chi connectivity index (χ2v) is 5.66. The highest BCUT2D eigenvalue weighted by Gasteiger charge is 2.25. The van der Waals surface area contributed by atoms with Gasteiger partial charge >= 0.3 is 0 Å². The molecule has 1 aliphatic heterocycles. The molecule has 0 aliphatic carbocycles. The average Bonchev–Trinajstić information content (AvgIpc) is 2.59. The van der Waals surface area contributed by atoms with Gasteiger partial charge in [0.25, 0.3) is 0 Å². The molecule has 0 amide bonds. The van der Waals surface area contributed by atoms with Crippen molar-refractivity contribution >= 4 is 11.5 Å². The Bertz CT molecular complexity index is 411. The molecule has 1 unspecified atom stereocenters. The van der Waals surface area contributed by atoms with Crippen LogP contribution in [0.5, 0.6) is 0 Å². The van der Waals surface area contributed by atoms with Crippen molar-refractivity contribution in [3.05, 3.63) is 5.69 Å². The van der Waals surface area contributed by atoms with Gasteiger partial charge in [-0.15, -0.1) is 0 Å². The summed E-state index contributed by atoms with van der Waals surface area (Å²) in [6, 6.07) is 0.620. The van der Waals surface area contributed by atoms with E-state index in [4.69, 9.17) is 5.73 Å². The number of hydrogen-bond acceptors (Lipinski definition) is 3. The number of nitrogen functional groups attached to an aromatic ring is 1.